The summed E-state index contributed by atoms with van der Waals surface area (Å²) in [5.41, 5.74) is 1.68. The smallest absolute Gasteiger partial charge is 0.268 e. The Morgan fingerprint density at radius 3 is 2.41 bits per heavy atom. The number of rotatable bonds is 5. The lowest BCUT2D eigenvalue weighted by Crippen LogP contribution is -2.15. The van der Waals surface area contributed by atoms with Gasteiger partial charge in [-0.3, -0.25) is 9.78 Å². The third-order valence-electron chi connectivity index (χ3n) is 5.46. The van der Waals surface area contributed by atoms with E-state index in [9.17, 15) is 13.2 Å². The highest BCUT2D eigenvalue weighted by molar-refractivity contribution is 7.90. The van der Waals surface area contributed by atoms with Crippen LogP contribution < -0.4 is 4.74 Å². The normalized spacial score (nSPS) is 11.7. The molecule has 0 aliphatic carbocycles. The molecular formula is C25H18N2O4S. The summed E-state index contributed by atoms with van der Waals surface area (Å²) in [6, 6.07) is 22.7. The van der Waals surface area contributed by atoms with Gasteiger partial charge in [-0.2, -0.15) is 0 Å². The molecule has 0 radical (unpaired) electrons. The van der Waals surface area contributed by atoms with Crippen LogP contribution in [0.25, 0.3) is 32.9 Å². The second-order valence-corrected chi connectivity index (χ2v) is 9.01. The monoisotopic (exact) mass is 442 g/mol. The maximum atomic E-state index is 13.5. The topological polar surface area (TPSA) is 78.3 Å². The minimum absolute atomic E-state index is 0.0265. The van der Waals surface area contributed by atoms with Crippen molar-refractivity contribution < 1.29 is 17.9 Å². The first-order valence-electron chi connectivity index (χ1n) is 9.88. The van der Waals surface area contributed by atoms with Crippen LogP contribution in [0.4, 0.5) is 0 Å². The molecular weight excluding hydrogens is 424 g/mol. The predicted octanol–water partition coefficient (Wildman–Crippen LogP) is 4.91. The summed E-state index contributed by atoms with van der Waals surface area (Å²) in [4.78, 5) is 16.6. The van der Waals surface area contributed by atoms with Crippen molar-refractivity contribution in [3.63, 3.8) is 0 Å². The Hall–Kier alpha value is -3.97. The average Bonchev–Trinajstić information content (AvgIpc) is 3.23. The predicted molar refractivity (Wildman–Crippen MR) is 124 cm³/mol. The molecule has 2 aromatic heterocycles. The summed E-state index contributed by atoms with van der Waals surface area (Å²) in [6.07, 6.45) is 2.25. The highest BCUT2D eigenvalue weighted by Gasteiger charge is 2.26. The maximum Gasteiger partial charge on any atom is 0.268 e. The highest BCUT2D eigenvalue weighted by Crippen LogP contribution is 2.41. The molecule has 2 heterocycles. The Bertz CT molecular complexity index is 1580. The number of hydrogen-bond donors (Lipinski definition) is 0. The van der Waals surface area contributed by atoms with E-state index in [0.29, 0.717) is 34.2 Å². The number of nitrogens with zero attached hydrogens (tertiary/aromatic N) is 2. The summed E-state index contributed by atoms with van der Waals surface area (Å²) in [5, 5.41) is 2.45. The molecule has 0 spiro atoms. The van der Waals surface area contributed by atoms with Crippen molar-refractivity contribution in [1.29, 1.82) is 0 Å². The number of pyridine rings is 1. The number of benzene rings is 3. The molecule has 0 bridgehead atoms. The molecule has 3 aromatic carbocycles. The summed E-state index contributed by atoms with van der Waals surface area (Å²) < 4.78 is 33.6. The summed E-state index contributed by atoms with van der Waals surface area (Å²) in [7, 11) is -2.45. The number of aldehydes is 1. The van der Waals surface area contributed by atoms with Crippen LogP contribution in [0.3, 0.4) is 0 Å². The van der Waals surface area contributed by atoms with E-state index in [1.54, 1.807) is 49.7 Å². The maximum absolute atomic E-state index is 13.5. The van der Waals surface area contributed by atoms with Crippen LogP contribution in [0, 0.1) is 0 Å². The Morgan fingerprint density at radius 2 is 1.66 bits per heavy atom. The van der Waals surface area contributed by atoms with Crippen LogP contribution in [0.5, 0.6) is 5.75 Å². The Balaban J connectivity index is 1.90. The van der Waals surface area contributed by atoms with Gasteiger partial charge in [-0.15, -0.1) is 0 Å². The van der Waals surface area contributed by atoms with E-state index >= 15 is 0 Å². The van der Waals surface area contributed by atoms with Crippen LogP contribution >= 0.6 is 0 Å². The summed E-state index contributed by atoms with van der Waals surface area (Å²) in [6.45, 7) is 0. The summed E-state index contributed by atoms with van der Waals surface area (Å²) in [5.74, 6) is 0.535. The molecule has 0 amide bonds. The van der Waals surface area contributed by atoms with E-state index in [0.717, 1.165) is 14.7 Å². The number of fused-ring (bicyclic) bond motifs is 2. The quantitative estimate of drug-likeness (QED) is 0.361. The lowest BCUT2D eigenvalue weighted by atomic mass is 10.00. The van der Waals surface area contributed by atoms with Crippen molar-refractivity contribution in [3.05, 3.63) is 90.8 Å². The fraction of sp³-hybridized carbons (Fsp3) is 0.0400. The van der Waals surface area contributed by atoms with Crippen LogP contribution in [0.1, 0.15) is 10.5 Å². The van der Waals surface area contributed by atoms with Gasteiger partial charge in [-0.25, -0.2) is 12.4 Å². The zero-order valence-electron chi connectivity index (χ0n) is 17.1. The second-order valence-electron chi connectivity index (χ2n) is 7.23. The van der Waals surface area contributed by atoms with E-state index in [1.165, 1.54) is 12.1 Å². The molecule has 5 rings (SSSR count). The van der Waals surface area contributed by atoms with E-state index in [4.69, 9.17) is 4.74 Å². The number of hydrogen-bond acceptors (Lipinski definition) is 5. The molecule has 0 saturated carbocycles. The average molecular weight is 442 g/mol. The van der Waals surface area contributed by atoms with Gasteiger partial charge in [0, 0.05) is 17.0 Å². The molecule has 0 saturated heterocycles. The number of carbonyl (C=O) groups is 1. The van der Waals surface area contributed by atoms with E-state index < -0.39 is 10.0 Å². The van der Waals surface area contributed by atoms with E-state index in [-0.39, 0.29) is 10.6 Å². The minimum Gasteiger partial charge on any atom is -0.496 e. The van der Waals surface area contributed by atoms with Gasteiger partial charge in [0.05, 0.1) is 34.5 Å². The van der Waals surface area contributed by atoms with Crippen molar-refractivity contribution in [2.75, 3.05) is 7.11 Å². The standard InChI is InChI=1S/C25H18N2O4S/c1-31-23-12-11-22-21(24(23)25-20-10-6-5-7-17(20)13-14-26-25)15-18(16-28)27(22)32(29,30)19-8-3-2-4-9-19/h2-16H,1H3. The zero-order chi connectivity index (χ0) is 22.3. The van der Waals surface area contributed by atoms with Gasteiger partial charge >= 0.3 is 0 Å². The van der Waals surface area contributed by atoms with E-state index in [1.807, 2.05) is 30.3 Å². The molecule has 0 atom stereocenters. The third-order valence-corrected chi connectivity index (χ3v) is 7.22. The van der Waals surface area contributed by atoms with Gasteiger partial charge in [0.15, 0.2) is 6.29 Å². The summed E-state index contributed by atoms with van der Waals surface area (Å²) >= 11 is 0. The van der Waals surface area contributed by atoms with Crippen molar-refractivity contribution in [2.45, 2.75) is 4.90 Å². The number of carbonyl (C=O) groups excluding carboxylic acids is 1. The lowest BCUT2D eigenvalue weighted by molar-refractivity contribution is 0.111. The fourth-order valence-electron chi connectivity index (χ4n) is 4.04. The first-order valence-corrected chi connectivity index (χ1v) is 11.3. The van der Waals surface area contributed by atoms with Crippen molar-refractivity contribution in [3.8, 4) is 17.0 Å². The number of ether oxygens (including phenoxy) is 1. The highest BCUT2D eigenvalue weighted by atomic mass is 32.2. The largest absolute Gasteiger partial charge is 0.496 e. The van der Waals surface area contributed by atoms with Gasteiger partial charge in [0.25, 0.3) is 10.0 Å². The molecule has 32 heavy (non-hydrogen) atoms. The Kier molecular flexibility index (Phi) is 4.75. The van der Waals surface area contributed by atoms with Crippen LogP contribution in [0.15, 0.2) is 90.0 Å². The van der Waals surface area contributed by atoms with Gasteiger partial charge < -0.3 is 4.74 Å². The number of aromatic nitrogens is 2. The van der Waals surface area contributed by atoms with Gasteiger partial charge in [0.2, 0.25) is 0 Å². The first kappa shape index (κ1) is 20.0. The molecule has 5 aromatic rings. The Labute approximate surface area is 184 Å². The SMILES string of the molecule is COc1ccc2c(cc(C=O)n2S(=O)(=O)c2ccccc2)c1-c1nccc2ccccc12. The van der Waals surface area contributed by atoms with Crippen LogP contribution in [-0.4, -0.2) is 30.8 Å². The molecule has 0 aliphatic rings. The van der Waals surface area contributed by atoms with Crippen molar-refractivity contribution in [1.82, 2.24) is 8.96 Å². The molecule has 7 heteroatoms. The molecule has 0 aliphatic heterocycles. The minimum atomic E-state index is -4.00. The van der Waals surface area contributed by atoms with Crippen molar-refractivity contribution >= 4 is 38.0 Å². The van der Waals surface area contributed by atoms with Crippen LogP contribution in [-0.2, 0) is 10.0 Å². The molecule has 0 N–H and O–H groups in total. The van der Waals surface area contributed by atoms with E-state index in [2.05, 4.69) is 4.98 Å². The molecule has 158 valence electrons. The Morgan fingerprint density at radius 1 is 0.906 bits per heavy atom. The van der Waals surface area contributed by atoms with Crippen molar-refractivity contribution in [2.24, 2.45) is 0 Å². The van der Waals surface area contributed by atoms with Gasteiger partial charge in [-0.05, 0) is 41.8 Å². The van der Waals surface area contributed by atoms with Gasteiger partial charge in [0.1, 0.15) is 5.75 Å². The molecule has 0 unspecified atom stereocenters. The molecule has 6 nitrogen and oxygen atoms in total. The first-order chi connectivity index (χ1) is 15.6. The zero-order valence-corrected chi connectivity index (χ0v) is 17.9. The van der Waals surface area contributed by atoms with Crippen LogP contribution in [0.2, 0.25) is 0 Å². The fourth-order valence-corrected chi connectivity index (χ4v) is 5.54. The third kappa shape index (κ3) is 2.98. The number of methoxy groups -OCH3 is 1. The molecule has 0 fully saturated rings. The van der Waals surface area contributed by atoms with Gasteiger partial charge in [-0.1, -0.05) is 42.5 Å². The second kappa shape index (κ2) is 7.62. The lowest BCUT2D eigenvalue weighted by Gasteiger charge is -2.13.